The quantitative estimate of drug-likeness (QED) is 0.129. The monoisotopic (exact) mass is 772 g/mol. The number of nitrogens with zero attached hydrogens (tertiary/aromatic N) is 3. The Kier molecular flexibility index (Phi) is 12.7. The fourth-order valence-electron chi connectivity index (χ4n) is 7.00. The van der Waals surface area contributed by atoms with E-state index in [1.165, 1.54) is 31.5 Å². The van der Waals surface area contributed by atoms with Gasteiger partial charge in [0.25, 0.3) is 11.8 Å². The molecule has 0 aliphatic carbocycles. The van der Waals surface area contributed by atoms with Gasteiger partial charge in [0, 0.05) is 62.3 Å². The number of halogens is 3. The van der Waals surface area contributed by atoms with Gasteiger partial charge in [-0.1, -0.05) is 18.2 Å². The van der Waals surface area contributed by atoms with Gasteiger partial charge >= 0.3 is 6.18 Å². The van der Waals surface area contributed by atoms with E-state index < -0.39 is 29.1 Å². The number of ether oxygens (including phenoxy) is 2. The van der Waals surface area contributed by atoms with Crippen molar-refractivity contribution in [1.82, 2.24) is 15.2 Å². The van der Waals surface area contributed by atoms with Crippen LogP contribution in [0.25, 0.3) is 11.3 Å². The number of Topliss-reactive ketones (excluding diaryl/α,β-unsaturated/α-hetero) is 1. The number of para-hydroxylation sites is 1. The normalized spacial score (nSPS) is 16.1. The van der Waals surface area contributed by atoms with E-state index in [0.717, 1.165) is 63.3 Å². The average Bonchev–Trinajstić information content (AvgIpc) is 3.22. The van der Waals surface area contributed by atoms with Crippen molar-refractivity contribution in [3.8, 4) is 17.0 Å². The number of aromatic nitrogens is 1. The summed E-state index contributed by atoms with van der Waals surface area (Å²) in [4.78, 5) is 50.3. The van der Waals surface area contributed by atoms with Gasteiger partial charge in [-0.3, -0.25) is 24.3 Å². The summed E-state index contributed by atoms with van der Waals surface area (Å²) in [7, 11) is 1.40. The number of carbonyl (C=O) groups excluding carboxylic acids is 3. The van der Waals surface area contributed by atoms with Gasteiger partial charge in [0.05, 0.1) is 53.9 Å². The molecule has 56 heavy (non-hydrogen) atoms. The Morgan fingerprint density at radius 1 is 0.893 bits per heavy atom. The lowest BCUT2D eigenvalue weighted by Crippen LogP contribution is -2.48. The zero-order valence-electron chi connectivity index (χ0n) is 31.6. The number of amides is 2. The van der Waals surface area contributed by atoms with Crippen molar-refractivity contribution >= 4 is 29.0 Å². The molecule has 2 amide bonds. The maximum absolute atomic E-state index is 14.1. The molecule has 2 saturated heterocycles. The highest BCUT2D eigenvalue weighted by Gasteiger charge is 2.34. The molecule has 0 saturated carbocycles. The minimum atomic E-state index is -4.50. The summed E-state index contributed by atoms with van der Waals surface area (Å²) in [6.07, 6.45) is 0.574. The van der Waals surface area contributed by atoms with Crippen LogP contribution in [-0.2, 0) is 17.5 Å². The Balaban J connectivity index is 1.26. The first-order chi connectivity index (χ1) is 26.8. The van der Waals surface area contributed by atoms with Crippen molar-refractivity contribution in [3.63, 3.8) is 0 Å². The van der Waals surface area contributed by atoms with Gasteiger partial charge in [-0.15, -0.1) is 0 Å². The molecular formula is C42H47F3N6O5. The smallest absolute Gasteiger partial charge is 0.416 e. The van der Waals surface area contributed by atoms with E-state index >= 15 is 0 Å². The van der Waals surface area contributed by atoms with Crippen molar-refractivity contribution in [2.45, 2.75) is 50.9 Å². The number of alkyl halides is 3. The van der Waals surface area contributed by atoms with Crippen LogP contribution in [0.5, 0.6) is 5.75 Å². The van der Waals surface area contributed by atoms with E-state index in [9.17, 15) is 27.6 Å². The van der Waals surface area contributed by atoms with E-state index in [4.69, 9.17) is 15.2 Å². The average molecular weight is 773 g/mol. The number of hydrogen-bond donors (Lipinski definition) is 3. The fraction of sp³-hybridized carbons (Fsp3) is 0.381. The summed E-state index contributed by atoms with van der Waals surface area (Å²) in [5, 5.41) is 5.68. The molecule has 0 spiro atoms. The summed E-state index contributed by atoms with van der Waals surface area (Å²) in [6, 6.07) is 18.3. The number of methoxy groups -OCH3 is 1. The molecule has 6 rings (SSSR count). The van der Waals surface area contributed by atoms with Crippen LogP contribution in [0.2, 0.25) is 0 Å². The Morgan fingerprint density at radius 2 is 1.62 bits per heavy atom. The van der Waals surface area contributed by atoms with Crippen LogP contribution < -0.4 is 26.0 Å². The number of ketones is 1. The topological polar surface area (TPSA) is 139 Å². The number of nitrogens with two attached hydrogens (primary N) is 1. The van der Waals surface area contributed by atoms with Crippen molar-refractivity contribution in [3.05, 3.63) is 107 Å². The third-order valence-electron chi connectivity index (χ3n) is 10.3. The highest BCUT2D eigenvalue weighted by atomic mass is 19.4. The van der Waals surface area contributed by atoms with Gasteiger partial charge in [-0.05, 0) is 92.8 Å². The van der Waals surface area contributed by atoms with Crippen molar-refractivity contribution in [2.24, 2.45) is 5.73 Å². The number of anilines is 2. The molecular weight excluding hydrogens is 725 g/mol. The van der Waals surface area contributed by atoms with Crippen LogP contribution in [0.4, 0.5) is 24.5 Å². The third kappa shape index (κ3) is 9.73. The largest absolute Gasteiger partial charge is 0.495 e. The van der Waals surface area contributed by atoms with Gasteiger partial charge in [-0.25, -0.2) is 0 Å². The number of nitrogens with one attached hydrogen (secondary N) is 2. The predicted octanol–water partition coefficient (Wildman–Crippen LogP) is 6.57. The second kappa shape index (κ2) is 17.7. The molecule has 0 radical (unpaired) electrons. The van der Waals surface area contributed by atoms with E-state index in [1.807, 2.05) is 12.1 Å². The molecule has 1 aromatic heterocycles. The van der Waals surface area contributed by atoms with Gasteiger partial charge in [-0.2, -0.15) is 13.2 Å². The Labute approximate surface area is 324 Å². The number of pyridine rings is 1. The van der Waals surface area contributed by atoms with Crippen molar-refractivity contribution < 1.29 is 37.0 Å². The first-order valence-corrected chi connectivity index (χ1v) is 18.8. The highest BCUT2D eigenvalue weighted by Crippen LogP contribution is 2.35. The maximum Gasteiger partial charge on any atom is 0.416 e. The first kappa shape index (κ1) is 40.4. The lowest BCUT2D eigenvalue weighted by atomic mass is 9.87. The van der Waals surface area contributed by atoms with Gasteiger partial charge < -0.3 is 30.7 Å². The minimum Gasteiger partial charge on any atom is -0.495 e. The summed E-state index contributed by atoms with van der Waals surface area (Å²) >= 11 is 0. The Bertz CT molecular complexity index is 2040. The second-order valence-electron chi connectivity index (χ2n) is 14.4. The molecule has 2 aliphatic heterocycles. The maximum atomic E-state index is 14.1. The molecule has 0 bridgehead atoms. The molecule has 4 aromatic rings. The fourth-order valence-corrected chi connectivity index (χ4v) is 7.00. The molecule has 11 nitrogen and oxygen atoms in total. The summed E-state index contributed by atoms with van der Waals surface area (Å²) in [5.41, 5.74) is 7.68. The predicted molar refractivity (Wildman–Crippen MR) is 208 cm³/mol. The van der Waals surface area contributed by atoms with E-state index in [0.29, 0.717) is 48.7 Å². The summed E-state index contributed by atoms with van der Waals surface area (Å²) in [5.74, 6) is -1.30. The van der Waals surface area contributed by atoms with Gasteiger partial charge in [0.2, 0.25) is 0 Å². The van der Waals surface area contributed by atoms with E-state index in [1.54, 1.807) is 37.3 Å². The molecule has 296 valence electrons. The molecule has 14 heteroatoms. The van der Waals surface area contributed by atoms with Crippen LogP contribution in [-0.4, -0.2) is 86.1 Å². The Morgan fingerprint density at radius 3 is 2.36 bits per heavy atom. The van der Waals surface area contributed by atoms with Crippen LogP contribution in [0, 0.1) is 0 Å². The second-order valence-corrected chi connectivity index (χ2v) is 14.4. The molecule has 1 atom stereocenters. The minimum absolute atomic E-state index is 0.0992. The highest BCUT2D eigenvalue weighted by molar-refractivity contribution is 6.12. The summed E-state index contributed by atoms with van der Waals surface area (Å²) < 4.78 is 50.9. The molecule has 1 unspecified atom stereocenters. The Hall–Kier alpha value is -5.31. The SMILES string of the molecule is COc1c(C(=O)Nc2ccc(N3CCCCC3)cc2-c2cc(C(=O)NCc3cccc(C(F)(F)F)c3)ccn2)cccc1C(=O)C(C)(N)CCN1CCOCC1. The number of piperidine rings is 1. The van der Waals surface area contributed by atoms with Crippen LogP contribution in [0.3, 0.4) is 0 Å². The van der Waals surface area contributed by atoms with Crippen LogP contribution in [0.1, 0.15) is 74.8 Å². The number of carbonyl (C=O) groups is 3. The zero-order valence-corrected chi connectivity index (χ0v) is 31.6. The molecule has 2 fully saturated rings. The first-order valence-electron chi connectivity index (χ1n) is 18.8. The number of rotatable bonds is 13. The van der Waals surface area contributed by atoms with E-state index in [2.05, 4.69) is 25.4 Å². The standard InChI is InChI=1S/C42H47F3N6O5/c1-41(46,15-19-50-20-22-56-23-21-50)38(52)32-10-7-11-33(37(32)55-2)40(54)49-35-13-12-31(51-17-4-3-5-18-51)26-34(35)36-25-29(14-16-47-36)39(53)48-27-28-8-6-9-30(24-28)42(43,44)45/h6-14,16,24-26H,3-5,15,17-23,27,46H2,1-2H3,(H,48,53)(H,49,54). The lowest BCUT2D eigenvalue weighted by molar-refractivity contribution is -0.137. The molecule has 2 aliphatic rings. The zero-order chi connectivity index (χ0) is 39.9. The van der Waals surface area contributed by atoms with Crippen LogP contribution >= 0.6 is 0 Å². The number of benzene rings is 3. The number of hydrogen-bond acceptors (Lipinski definition) is 9. The lowest BCUT2D eigenvalue weighted by Gasteiger charge is -2.31. The summed E-state index contributed by atoms with van der Waals surface area (Å²) in [6.45, 7) is 6.70. The molecule has 3 aromatic carbocycles. The number of morpholine rings is 1. The van der Waals surface area contributed by atoms with Crippen molar-refractivity contribution in [2.75, 3.05) is 63.3 Å². The van der Waals surface area contributed by atoms with Crippen LogP contribution in [0.15, 0.2) is 79.0 Å². The van der Waals surface area contributed by atoms with Gasteiger partial charge in [0.1, 0.15) is 5.75 Å². The van der Waals surface area contributed by atoms with E-state index in [-0.39, 0.29) is 34.8 Å². The molecule has 3 heterocycles. The molecule has 4 N–H and O–H groups in total. The third-order valence-corrected chi connectivity index (χ3v) is 10.3. The van der Waals surface area contributed by atoms with Gasteiger partial charge in [0.15, 0.2) is 5.78 Å². The van der Waals surface area contributed by atoms with Crippen molar-refractivity contribution in [1.29, 1.82) is 0 Å².